The Kier molecular flexibility index (Phi) is 9.68. The molecule has 0 radical (unpaired) electrons. The van der Waals surface area contributed by atoms with Gasteiger partial charge in [0.1, 0.15) is 6.04 Å². The van der Waals surface area contributed by atoms with Crippen LogP contribution in [0.4, 0.5) is 0 Å². The molecule has 174 valence electrons. The normalized spacial score (nSPS) is 12.4. The molecule has 2 amide bonds. The number of halogens is 1. The summed E-state index contributed by atoms with van der Waals surface area (Å²) >= 11 is 5.85. The highest BCUT2D eigenvalue weighted by Gasteiger charge is 2.31. The van der Waals surface area contributed by atoms with E-state index in [0.717, 1.165) is 9.87 Å². The number of rotatable bonds is 11. The Morgan fingerprint density at radius 2 is 1.66 bits per heavy atom. The standard InChI is InChI=1S/C23H30ClN3O4S/c1-4-21(23(29)25-5-2)27(16-15-18-9-7-6-8-10-18)22(28)17-26(3)32(30,31)20-13-11-19(24)12-14-20/h6-14,21H,4-5,15-17H2,1-3H3,(H,25,29)/t21-/m1/s1. The Hall–Kier alpha value is -2.42. The van der Waals surface area contributed by atoms with Crippen LogP contribution in [0.25, 0.3) is 0 Å². The Bertz CT molecular complexity index is 998. The average Bonchev–Trinajstić information content (AvgIpc) is 2.77. The van der Waals surface area contributed by atoms with Gasteiger partial charge in [-0.2, -0.15) is 4.31 Å². The number of hydrogen-bond donors (Lipinski definition) is 1. The summed E-state index contributed by atoms with van der Waals surface area (Å²) in [6.07, 6.45) is 0.968. The van der Waals surface area contributed by atoms with E-state index in [-0.39, 0.29) is 17.3 Å². The molecule has 0 unspecified atom stereocenters. The number of nitrogens with zero attached hydrogens (tertiary/aromatic N) is 2. The van der Waals surface area contributed by atoms with E-state index in [4.69, 9.17) is 11.6 Å². The summed E-state index contributed by atoms with van der Waals surface area (Å²) in [7, 11) is -2.54. The molecule has 0 bridgehead atoms. The van der Waals surface area contributed by atoms with E-state index in [1.54, 1.807) is 0 Å². The third-order valence-electron chi connectivity index (χ3n) is 5.10. The summed E-state index contributed by atoms with van der Waals surface area (Å²) in [5.74, 6) is -0.682. The van der Waals surface area contributed by atoms with Crippen molar-refractivity contribution in [2.75, 3.05) is 26.7 Å². The number of amides is 2. The first kappa shape index (κ1) is 25.8. The summed E-state index contributed by atoms with van der Waals surface area (Å²) in [6.45, 7) is 4.01. The first-order valence-electron chi connectivity index (χ1n) is 10.5. The maximum absolute atomic E-state index is 13.2. The van der Waals surface area contributed by atoms with E-state index in [9.17, 15) is 18.0 Å². The van der Waals surface area contributed by atoms with Gasteiger partial charge in [0.05, 0.1) is 11.4 Å². The van der Waals surface area contributed by atoms with Crippen LogP contribution in [0, 0.1) is 0 Å². The molecule has 2 aromatic carbocycles. The van der Waals surface area contributed by atoms with Crippen molar-refractivity contribution in [3.05, 3.63) is 65.2 Å². The molecule has 32 heavy (non-hydrogen) atoms. The summed E-state index contributed by atoms with van der Waals surface area (Å²) < 4.78 is 26.8. The van der Waals surface area contributed by atoms with Crippen LogP contribution in [0.2, 0.25) is 5.02 Å². The second-order valence-corrected chi connectivity index (χ2v) is 9.84. The fraction of sp³-hybridized carbons (Fsp3) is 0.391. The van der Waals surface area contributed by atoms with Crippen molar-refractivity contribution in [2.45, 2.75) is 37.6 Å². The van der Waals surface area contributed by atoms with Crippen LogP contribution < -0.4 is 5.32 Å². The van der Waals surface area contributed by atoms with E-state index in [1.807, 2.05) is 44.2 Å². The molecule has 0 aliphatic carbocycles. The van der Waals surface area contributed by atoms with Gasteiger partial charge in [0.15, 0.2) is 0 Å². The van der Waals surface area contributed by atoms with Crippen LogP contribution >= 0.6 is 11.6 Å². The SMILES string of the molecule is CCNC(=O)[C@@H](CC)N(CCc1ccccc1)C(=O)CN(C)S(=O)(=O)c1ccc(Cl)cc1. The molecule has 0 saturated heterocycles. The van der Waals surface area contributed by atoms with Crippen LogP contribution in [-0.2, 0) is 26.0 Å². The van der Waals surface area contributed by atoms with Gasteiger partial charge in [-0.1, -0.05) is 48.9 Å². The van der Waals surface area contributed by atoms with Gasteiger partial charge in [0, 0.05) is 25.2 Å². The maximum atomic E-state index is 13.2. The number of carbonyl (C=O) groups is 2. The molecule has 0 saturated carbocycles. The number of nitrogens with one attached hydrogen (secondary N) is 1. The van der Waals surface area contributed by atoms with Gasteiger partial charge in [-0.3, -0.25) is 9.59 Å². The van der Waals surface area contributed by atoms with Crippen LogP contribution in [0.5, 0.6) is 0 Å². The first-order valence-corrected chi connectivity index (χ1v) is 12.4. The second-order valence-electron chi connectivity index (χ2n) is 7.36. The zero-order valence-electron chi connectivity index (χ0n) is 18.6. The van der Waals surface area contributed by atoms with Crippen LogP contribution in [0.15, 0.2) is 59.5 Å². The molecule has 9 heteroatoms. The average molecular weight is 480 g/mol. The molecular weight excluding hydrogens is 450 g/mol. The molecule has 0 aliphatic rings. The minimum Gasteiger partial charge on any atom is -0.355 e. The fourth-order valence-electron chi connectivity index (χ4n) is 3.34. The molecular formula is C23H30ClN3O4S. The molecule has 2 aromatic rings. The van der Waals surface area contributed by atoms with Gasteiger partial charge >= 0.3 is 0 Å². The number of carbonyl (C=O) groups excluding carboxylic acids is 2. The number of benzene rings is 2. The van der Waals surface area contributed by atoms with E-state index < -0.39 is 22.0 Å². The van der Waals surface area contributed by atoms with E-state index in [2.05, 4.69) is 5.32 Å². The van der Waals surface area contributed by atoms with Gasteiger partial charge in [-0.05, 0) is 49.6 Å². The van der Waals surface area contributed by atoms with Gasteiger partial charge in [-0.25, -0.2) is 8.42 Å². The smallest absolute Gasteiger partial charge is 0.243 e. The molecule has 2 rings (SSSR count). The lowest BCUT2D eigenvalue weighted by atomic mass is 10.1. The fourth-order valence-corrected chi connectivity index (χ4v) is 4.59. The highest BCUT2D eigenvalue weighted by atomic mass is 35.5. The molecule has 0 aliphatic heterocycles. The largest absolute Gasteiger partial charge is 0.355 e. The molecule has 0 aromatic heterocycles. The van der Waals surface area contributed by atoms with Crippen LogP contribution in [0.1, 0.15) is 25.8 Å². The third kappa shape index (κ3) is 6.79. The van der Waals surface area contributed by atoms with Gasteiger partial charge < -0.3 is 10.2 Å². The van der Waals surface area contributed by atoms with Crippen molar-refractivity contribution in [3.63, 3.8) is 0 Å². The lowest BCUT2D eigenvalue weighted by molar-refractivity contribution is -0.140. The number of hydrogen-bond acceptors (Lipinski definition) is 4. The molecule has 0 spiro atoms. The summed E-state index contributed by atoms with van der Waals surface area (Å²) in [5, 5.41) is 3.19. The summed E-state index contributed by atoms with van der Waals surface area (Å²) in [5.41, 5.74) is 1.03. The predicted octanol–water partition coefficient (Wildman–Crippen LogP) is 2.95. The van der Waals surface area contributed by atoms with Crippen molar-refractivity contribution in [1.29, 1.82) is 0 Å². The quantitative estimate of drug-likeness (QED) is 0.536. The monoisotopic (exact) mass is 479 g/mol. The minimum absolute atomic E-state index is 0.0452. The minimum atomic E-state index is -3.89. The van der Waals surface area contributed by atoms with Gasteiger partial charge in [0.2, 0.25) is 21.8 Å². The van der Waals surface area contributed by atoms with Gasteiger partial charge in [0.25, 0.3) is 0 Å². The van der Waals surface area contributed by atoms with E-state index >= 15 is 0 Å². The topological polar surface area (TPSA) is 86.8 Å². The zero-order valence-corrected chi connectivity index (χ0v) is 20.2. The number of sulfonamides is 1. The van der Waals surface area contributed by atoms with Crippen LogP contribution in [0.3, 0.4) is 0 Å². The Morgan fingerprint density at radius 1 is 1.03 bits per heavy atom. The van der Waals surface area contributed by atoms with Crippen molar-refractivity contribution < 1.29 is 18.0 Å². The molecule has 0 heterocycles. The zero-order chi connectivity index (χ0) is 23.7. The molecule has 1 N–H and O–H groups in total. The highest BCUT2D eigenvalue weighted by Crippen LogP contribution is 2.18. The lowest BCUT2D eigenvalue weighted by Gasteiger charge is -2.31. The third-order valence-corrected chi connectivity index (χ3v) is 7.17. The van der Waals surface area contributed by atoms with Crippen molar-refractivity contribution in [3.8, 4) is 0 Å². The Labute approximate surface area is 195 Å². The Balaban J connectivity index is 2.23. The lowest BCUT2D eigenvalue weighted by Crippen LogP contribution is -2.52. The highest BCUT2D eigenvalue weighted by molar-refractivity contribution is 7.89. The van der Waals surface area contributed by atoms with E-state index in [1.165, 1.54) is 36.2 Å². The van der Waals surface area contributed by atoms with Gasteiger partial charge in [-0.15, -0.1) is 0 Å². The number of likely N-dealkylation sites (N-methyl/N-ethyl adjacent to an activating group) is 2. The summed E-state index contributed by atoms with van der Waals surface area (Å²) in [6, 6.07) is 14.7. The van der Waals surface area contributed by atoms with Crippen molar-refractivity contribution in [1.82, 2.24) is 14.5 Å². The summed E-state index contributed by atoms with van der Waals surface area (Å²) in [4.78, 5) is 27.4. The maximum Gasteiger partial charge on any atom is 0.243 e. The van der Waals surface area contributed by atoms with Crippen molar-refractivity contribution in [2.24, 2.45) is 0 Å². The van der Waals surface area contributed by atoms with Crippen molar-refractivity contribution >= 4 is 33.4 Å². The van der Waals surface area contributed by atoms with Crippen LogP contribution in [-0.4, -0.2) is 62.2 Å². The molecule has 0 fully saturated rings. The predicted molar refractivity (Wildman–Crippen MR) is 126 cm³/mol. The molecule has 1 atom stereocenters. The molecule has 7 nitrogen and oxygen atoms in total. The van der Waals surface area contributed by atoms with E-state index in [0.29, 0.717) is 31.0 Å². The first-order chi connectivity index (χ1) is 15.2. The second kappa shape index (κ2) is 12.0. The Morgan fingerprint density at radius 3 is 2.22 bits per heavy atom.